The zero-order valence-electron chi connectivity index (χ0n) is 18.2. The Morgan fingerprint density at radius 2 is 1.75 bits per heavy atom. The van der Waals surface area contributed by atoms with Gasteiger partial charge < -0.3 is 14.5 Å². The minimum absolute atomic E-state index is 0.0849. The minimum Gasteiger partial charge on any atom is -0.491 e. The molecule has 0 bridgehead atoms. The van der Waals surface area contributed by atoms with Gasteiger partial charge in [0.15, 0.2) is 0 Å². The molecule has 3 aromatic rings. The molecule has 32 heavy (non-hydrogen) atoms. The molecule has 6 heteroatoms. The van der Waals surface area contributed by atoms with E-state index in [9.17, 15) is 9.59 Å². The summed E-state index contributed by atoms with van der Waals surface area (Å²) in [5, 5.41) is 2.80. The van der Waals surface area contributed by atoms with E-state index < -0.39 is 0 Å². The molecule has 4 rings (SSSR count). The molecule has 0 saturated heterocycles. The molecule has 0 radical (unpaired) electrons. The van der Waals surface area contributed by atoms with Crippen molar-refractivity contribution in [2.24, 2.45) is 0 Å². The molecule has 0 N–H and O–H groups in total. The third-order valence-corrected chi connectivity index (χ3v) is 6.07. The molecule has 0 saturated carbocycles. The molecule has 5 nitrogen and oxygen atoms in total. The SMILES string of the molecule is CN1CCCCN(C(=O)Cc2ccc3ccccc3c2)CCOc2ccc(Cl)cc2C1=O. The van der Waals surface area contributed by atoms with Crippen LogP contribution in [0.15, 0.2) is 60.7 Å². The fourth-order valence-corrected chi connectivity index (χ4v) is 4.19. The normalized spacial score (nSPS) is 15.5. The first kappa shape index (κ1) is 22.2. The summed E-state index contributed by atoms with van der Waals surface area (Å²) in [7, 11) is 1.78. The van der Waals surface area contributed by atoms with Crippen LogP contribution in [-0.2, 0) is 11.2 Å². The van der Waals surface area contributed by atoms with Crippen molar-refractivity contribution in [2.45, 2.75) is 19.3 Å². The number of rotatable bonds is 2. The Balaban J connectivity index is 1.48. The number of fused-ring (bicyclic) bond motifs is 2. The smallest absolute Gasteiger partial charge is 0.257 e. The number of hydrogen-bond donors (Lipinski definition) is 0. The van der Waals surface area contributed by atoms with Gasteiger partial charge in [0.1, 0.15) is 12.4 Å². The van der Waals surface area contributed by atoms with Crippen LogP contribution in [0.1, 0.15) is 28.8 Å². The standard InChI is InChI=1S/C26H27ClN2O3/c1-28-12-4-5-13-29(14-15-32-24-11-10-22(27)18-23(24)26(28)31)25(30)17-19-8-9-20-6-2-3-7-21(20)16-19/h2-3,6-11,16,18H,4-5,12-15,17H2,1H3. The van der Waals surface area contributed by atoms with Gasteiger partial charge in [-0.2, -0.15) is 0 Å². The molecule has 3 aromatic carbocycles. The monoisotopic (exact) mass is 450 g/mol. The number of halogens is 1. The second-order valence-corrected chi connectivity index (χ2v) is 8.60. The van der Waals surface area contributed by atoms with Gasteiger partial charge in [-0.3, -0.25) is 9.59 Å². The van der Waals surface area contributed by atoms with Crippen molar-refractivity contribution in [3.8, 4) is 5.75 Å². The van der Waals surface area contributed by atoms with Crippen molar-refractivity contribution in [3.63, 3.8) is 0 Å². The Labute approximate surface area is 193 Å². The van der Waals surface area contributed by atoms with Crippen LogP contribution in [0, 0.1) is 0 Å². The minimum atomic E-state index is -0.104. The lowest BCUT2D eigenvalue weighted by atomic mass is 10.0. The molecule has 1 heterocycles. The average Bonchev–Trinajstić information content (AvgIpc) is 2.79. The van der Waals surface area contributed by atoms with Crippen LogP contribution in [0.2, 0.25) is 5.02 Å². The lowest BCUT2D eigenvalue weighted by molar-refractivity contribution is -0.131. The van der Waals surface area contributed by atoms with Crippen molar-refractivity contribution in [1.29, 1.82) is 0 Å². The van der Waals surface area contributed by atoms with Crippen LogP contribution in [0.25, 0.3) is 10.8 Å². The van der Waals surface area contributed by atoms with Crippen molar-refractivity contribution in [2.75, 3.05) is 33.3 Å². The van der Waals surface area contributed by atoms with Gasteiger partial charge in [0.25, 0.3) is 5.91 Å². The molecule has 0 fully saturated rings. The van der Waals surface area contributed by atoms with Crippen molar-refractivity contribution in [1.82, 2.24) is 9.80 Å². The Kier molecular flexibility index (Phi) is 6.96. The first-order valence-corrected chi connectivity index (χ1v) is 11.3. The fourth-order valence-electron chi connectivity index (χ4n) is 4.02. The number of nitrogens with zero attached hydrogens (tertiary/aromatic N) is 2. The Morgan fingerprint density at radius 1 is 0.969 bits per heavy atom. The topological polar surface area (TPSA) is 49.9 Å². The Bertz CT molecular complexity index is 1130. The molecule has 166 valence electrons. The first-order chi connectivity index (χ1) is 15.5. The van der Waals surface area contributed by atoms with E-state index in [-0.39, 0.29) is 11.8 Å². The van der Waals surface area contributed by atoms with Gasteiger partial charge in [0, 0.05) is 25.2 Å². The second-order valence-electron chi connectivity index (χ2n) is 8.16. The summed E-state index contributed by atoms with van der Waals surface area (Å²) < 4.78 is 5.92. The predicted molar refractivity (Wildman–Crippen MR) is 127 cm³/mol. The highest BCUT2D eigenvalue weighted by molar-refractivity contribution is 6.31. The highest BCUT2D eigenvalue weighted by atomic mass is 35.5. The van der Waals surface area contributed by atoms with Crippen LogP contribution in [0.4, 0.5) is 0 Å². The molecule has 0 atom stereocenters. The van der Waals surface area contributed by atoms with E-state index in [1.165, 1.54) is 5.39 Å². The van der Waals surface area contributed by atoms with Gasteiger partial charge in [-0.25, -0.2) is 0 Å². The van der Waals surface area contributed by atoms with Crippen LogP contribution < -0.4 is 4.74 Å². The van der Waals surface area contributed by atoms with E-state index in [4.69, 9.17) is 16.3 Å². The summed E-state index contributed by atoms with van der Waals surface area (Å²) in [5.74, 6) is 0.475. The summed E-state index contributed by atoms with van der Waals surface area (Å²) in [6.07, 6.45) is 2.00. The largest absolute Gasteiger partial charge is 0.491 e. The van der Waals surface area contributed by atoms with Gasteiger partial charge in [-0.15, -0.1) is 0 Å². The van der Waals surface area contributed by atoms with Crippen LogP contribution in [-0.4, -0.2) is 54.9 Å². The lowest BCUT2D eigenvalue weighted by Crippen LogP contribution is -2.37. The summed E-state index contributed by atoms with van der Waals surface area (Å²) >= 11 is 6.11. The van der Waals surface area contributed by atoms with Gasteiger partial charge in [-0.05, 0) is 47.4 Å². The second kappa shape index (κ2) is 10.0. The summed E-state index contributed by atoms with van der Waals surface area (Å²) in [4.78, 5) is 29.5. The molecule has 1 aliphatic rings. The van der Waals surface area contributed by atoms with Gasteiger partial charge in [0.05, 0.1) is 18.5 Å². The number of carbonyl (C=O) groups excluding carboxylic acids is 2. The number of carbonyl (C=O) groups is 2. The molecule has 0 aliphatic carbocycles. The first-order valence-electron chi connectivity index (χ1n) is 10.9. The molecular weight excluding hydrogens is 424 g/mol. The number of hydrogen-bond acceptors (Lipinski definition) is 3. The number of benzene rings is 3. The van der Waals surface area contributed by atoms with Crippen molar-refractivity contribution >= 4 is 34.2 Å². The van der Waals surface area contributed by atoms with E-state index in [0.717, 1.165) is 23.8 Å². The summed E-state index contributed by atoms with van der Waals surface area (Å²) in [6, 6.07) is 19.4. The van der Waals surface area contributed by atoms with Crippen LogP contribution in [0.3, 0.4) is 0 Å². The fraction of sp³-hybridized carbons (Fsp3) is 0.308. The third kappa shape index (κ3) is 5.22. The van der Waals surface area contributed by atoms with Crippen LogP contribution >= 0.6 is 11.6 Å². The molecule has 1 aliphatic heterocycles. The van der Waals surface area contributed by atoms with Crippen LogP contribution in [0.5, 0.6) is 5.75 Å². The zero-order valence-corrected chi connectivity index (χ0v) is 19.0. The maximum Gasteiger partial charge on any atom is 0.257 e. The third-order valence-electron chi connectivity index (χ3n) is 5.83. The molecule has 2 amide bonds. The van der Waals surface area contributed by atoms with Crippen molar-refractivity contribution in [3.05, 3.63) is 76.8 Å². The molecular formula is C26H27ClN2O3. The predicted octanol–water partition coefficient (Wildman–Crippen LogP) is 4.81. The number of amides is 2. The highest BCUT2D eigenvalue weighted by Gasteiger charge is 2.20. The summed E-state index contributed by atoms with van der Waals surface area (Å²) in [5.41, 5.74) is 1.46. The van der Waals surface area contributed by atoms with E-state index in [0.29, 0.717) is 49.0 Å². The lowest BCUT2D eigenvalue weighted by Gasteiger charge is -2.26. The number of ether oxygens (including phenoxy) is 1. The highest BCUT2D eigenvalue weighted by Crippen LogP contribution is 2.25. The quantitative estimate of drug-likeness (QED) is 0.563. The maximum absolute atomic E-state index is 13.1. The zero-order chi connectivity index (χ0) is 22.5. The van der Waals surface area contributed by atoms with Gasteiger partial charge >= 0.3 is 0 Å². The van der Waals surface area contributed by atoms with E-state index in [2.05, 4.69) is 24.3 Å². The van der Waals surface area contributed by atoms with Gasteiger partial charge in [0.2, 0.25) is 5.91 Å². The Hall–Kier alpha value is -3.05. The van der Waals surface area contributed by atoms with Crippen molar-refractivity contribution < 1.29 is 14.3 Å². The average molecular weight is 451 g/mol. The molecule has 0 unspecified atom stereocenters. The summed E-state index contributed by atoms with van der Waals surface area (Å²) in [6.45, 7) is 2.04. The van der Waals surface area contributed by atoms with Gasteiger partial charge in [-0.1, -0.05) is 54.1 Å². The van der Waals surface area contributed by atoms with E-state index in [1.54, 1.807) is 30.1 Å². The molecule has 0 spiro atoms. The van der Waals surface area contributed by atoms with E-state index >= 15 is 0 Å². The van der Waals surface area contributed by atoms with E-state index in [1.807, 2.05) is 23.1 Å². The Morgan fingerprint density at radius 3 is 2.59 bits per heavy atom. The maximum atomic E-state index is 13.1. The molecule has 0 aromatic heterocycles.